The molecule has 0 atom stereocenters. The molecule has 1 N–H and O–H groups in total. The summed E-state index contributed by atoms with van der Waals surface area (Å²) in [5.41, 5.74) is 2.17. The lowest BCUT2D eigenvalue weighted by atomic mass is 10.1. The minimum Gasteiger partial charge on any atom is -0.367 e. The molecule has 1 radical (unpaired) electrons. The highest BCUT2D eigenvalue weighted by Crippen LogP contribution is 2.05. The zero-order chi connectivity index (χ0) is 8.97. The first kappa shape index (κ1) is 9.55. The molecule has 0 aliphatic heterocycles. The molecule has 63 valence electrons. The van der Waals surface area contributed by atoms with Crippen LogP contribution in [0.4, 0.5) is 0 Å². The lowest BCUT2D eigenvalue weighted by molar-refractivity contribution is 0.935. The number of thiocarbonyl (C=S) groups is 1. The highest BCUT2D eigenvalue weighted by molar-refractivity contribution is 8.11. The van der Waals surface area contributed by atoms with Gasteiger partial charge >= 0.3 is 0 Å². The third-order valence-electron chi connectivity index (χ3n) is 1.55. The smallest absolute Gasteiger partial charge is 0.130 e. The van der Waals surface area contributed by atoms with Gasteiger partial charge in [-0.25, -0.2) is 0 Å². The Morgan fingerprint density at radius 3 is 2.75 bits per heavy atom. The summed E-state index contributed by atoms with van der Waals surface area (Å²) < 4.78 is 0.512. The van der Waals surface area contributed by atoms with Crippen molar-refractivity contribution in [2.75, 3.05) is 0 Å². The van der Waals surface area contributed by atoms with Gasteiger partial charge in [0.05, 0.1) is 0 Å². The van der Waals surface area contributed by atoms with E-state index in [1.807, 2.05) is 24.3 Å². The zero-order valence-corrected chi connectivity index (χ0v) is 8.29. The zero-order valence-electron chi connectivity index (χ0n) is 6.58. The first-order valence-corrected chi connectivity index (χ1v) is 4.42. The maximum absolute atomic E-state index is 4.77. The van der Waals surface area contributed by atoms with Crippen molar-refractivity contribution >= 4 is 29.2 Å². The Balaban J connectivity index is 2.63. The second-order valence-electron chi connectivity index (χ2n) is 2.43. The van der Waals surface area contributed by atoms with Crippen LogP contribution in [0.1, 0.15) is 11.1 Å². The Kier molecular flexibility index (Phi) is 3.56. The third-order valence-corrected chi connectivity index (χ3v) is 1.85. The fourth-order valence-corrected chi connectivity index (χ4v) is 1.05. The fraction of sp³-hybridized carbons (Fsp3) is 0.111. The van der Waals surface area contributed by atoms with Gasteiger partial charge in [-0.1, -0.05) is 36.5 Å². The summed E-state index contributed by atoms with van der Waals surface area (Å²) in [4.78, 5) is 0. The predicted molar refractivity (Wildman–Crippen MR) is 59.3 cm³/mol. The summed E-state index contributed by atoms with van der Waals surface area (Å²) >= 11 is 8.73. The number of hydrogen-bond donors (Lipinski definition) is 2. The van der Waals surface area contributed by atoms with E-state index in [1.54, 1.807) is 0 Å². The van der Waals surface area contributed by atoms with Gasteiger partial charge in [0.1, 0.15) is 4.32 Å². The molecular weight excluding hydrogens is 186 g/mol. The molecule has 1 aromatic rings. The summed E-state index contributed by atoms with van der Waals surface area (Å²) in [5.74, 6) is 0. The molecule has 12 heavy (non-hydrogen) atoms. The van der Waals surface area contributed by atoms with E-state index in [-0.39, 0.29) is 0 Å². The topological polar surface area (TPSA) is 12.0 Å². The number of benzene rings is 1. The van der Waals surface area contributed by atoms with Crippen LogP contribution in [0.15, 0.2) is 24.3 Å². The number of nitrogens with one attached hydrogen (secondary N) is 1. The van der Waals surface area contributed by atoms with Crippen molar-refractivity contribution < 1.29 is 0 Å². The molecular formula is C9H10NS2. The molecule has 0 fully saturated rings. The summed E-state index contributed by atoms with van der Waals surface area (Å²) in [5, 5.41) is 2.96. The van der Waals surface area contributed by atoms with E-state index < -0.39 is 0 Å². The second-order valence-corrected chi connectivity index (χ2v) is 3.59. The maximum atomic E-state index is 4.77. The molecule has 1 nitrogen and oxygen atoms in total. The molecule has 3 heteroatoms. The lowest BCUT2D eigenvalue weighted by Crippen LogP contribution is -2.15. The quantitative estimate of drug-likeness (QED) is 0.555. The molecule has 1 aromatic carbocycles. The maximum Gasteiger partial charge on any atom is 0.130 e. The number of rotatable bonds is 2. The molecule has 0 bridgehead atoms. The van der Waals surface area contributed by atoms with Crippen LogP contribution >= 0.6 is 24.8 Å². The number of hydrogen-bond acceptors (Lipinski definition) is 1. The van der Waals surface area contributed by atoms with Gasteiger partial charge in [0.25, 0.3) is 0 Å². The number of thiol groups is 1. The van der Waals surface area contributed by atoms with Gasteiger partial charge in [-0.05, 0) is 18.1 Å². The van der Waals surface area contributed by atoms with Crippen LogP contribution < -0.4 is 5.32 Å². The highest BCUT2D eigenvalue weighted by atomic mass is 32.1. The van der Waals surface area contributed by atoms with Crippen molar-refractivity contribution in [3.8, 4) is 0 Å². The molecule has 1 rings (SSSR count). The molecule has 0 aliphatic carbocycles. The Morgan fingerprint density at radius 2 is 2.17 bits per heavy atom. The van der Waals surface area contributed by atoms with Gasteiger partial charge in [0, 0.05) is 6.54 Å². The molecule has 0 spiro atoms. The third kappa shape index (κ3) is 2.83. The van der Waals surface area contributed by atoms with Crippen LogP contribution in [0.5, 0.6) is 0 Å². The average molecular weight is 196 g/mol. The molecule has 0 aromatic heterocycles. The Labute approximate surface area is 83.6 Å². The summed E-state index contributed by atoms with van der Waals surface area (Å²) in [6, 6.07) is 7.93. The molecule has 0 amide bonds. The van der Waals surface area contributed by atoms with Crippen LogP contribution in [0.25, 0.3) is 0 Å². The molecule has 0 heterocycles. The molecule has 0 unspecified atom stereocenters. The SMILES string of the molecule is [CH2]c1ccccc1CNC(=S)S. The van der Waals surface area contributed by atoms with Crippen molar-refractivity contribution in [2.24, 2.45) is 0 Å². The largest absolute Gasteiger partial charge is 0.367 e. The van der Waals surface area contributed by atoms with Crippen molar-refractivity contribution in [2.45, 2.75) is 6.54 Å². The van der Waals surface area contributed by atoms with Crippen molar-refractivity contribution in [1.29, 1.82) is 0 Å². The van der Waals surface area contributed by atoms with Gasteiger partial charge in [-0.2, -0.15) is 0 Å². The van der Waals surface area contributed by atoms with Gasteiger partial charge < -0.3 is 5.32 Å². The second kappa shape index (κ2) is 4.48. The van der Waals surface area contributed by atoms with Crippen molar-refractivity contribution in [3.63, 3.8) is 0 Å². The van der Waals surface area contributed by atoms with Gasteiger partial charge in [0.2, 0.25) is 0 Å². The Morgan fingerprint density at radius 1 is 1.50 bits per heavy atom. The van der Waals surface area contributed by atoms with Crippen LogP contribution in [-0.4, -0.2) is 4.32 Å². The van der Waals surface area contributed by atoms with E-state index in [2.05, 4.69) is 24.9 Å². The van der Waals surface area contributed by atoms with E-state index in [1.165, 1.54) is 0 Å². The highest BCUT2D eigenvalue weighted by Gasteiger charge is 1.95. The van der Waals surface area contributed by atoms with Crippen molar-refractivity contribution in [1.82, 2.24) is 5.32 Å². The van der Waals surface area contributed by atoms with Gasteiger partial charge in [-0.3, -0.25) is 0 Å². The van der Waals surface area contributed by atoms with E-state index >= 15 is 0 Å². The van der Waals surface area contributed by atoms with Gasteiger partial charge in [0.15, 0.2) is 0 Å². The minimum absolute atomic E-state index is 0.512. The summed E-state index contributed by atoms with van der Waals surface area (Å²) in [6.07, 6.45) is 0. The lowest BCUT2D eigenvalue weighted by Gasteiger charge is -2.05. The first-order valence-electron chi connectivity index (χ1n) is 3.57. The molecule has 0 saturated carbocycles. The van der Waals surface area contributed by atoms with Crippen LogP contribution in [0.2, 0.25) is 0 Å². The van der Waals surface area contributed by atoms with Crippen LogP contribution in [-0.2, 0) is 6.54 Å². The van der Waals surface area contributed by atoms with Gasteiger partial charge in [-0.15, -0.1) is 12.6 Å². The Hall–Kier alpha value is -0.540. The normalized spacial score (nSPS) is 9.50. The summed E-state index contributed by atoms with van der Waals surface area (Å²) in [6.45, 7) is 4.59. The van der Waals surface area contributed by atoms with E-state index in [0.717, 1.165) is 11.1 Å². The predicted octanol–water partition coefficient (Wildman–Crippen LogP) is 2.17. The van der Waals surface area contributed by atoms with E-state index in [4.69, 9.17) is 12.2 Å². The standard InChI is InChI=1S/C9H10NS2/c1-7-4-2-3-5-8(7)6-10-9(11)12/h2-5H,1,6H2,(H2,10,11,12). The summed E-state index contributed by atoms with van der Waals surface area (Å²) in [7, 11) is 0. The minimum atomic E-state index is 0.512. The Bertz CT molecular complexity index is 284. The molecule has 0 aliphatic rings. The van der Waals surface area contributed by atoms with E-state index in [9.17, 15) is 0 Å². The van der Waals surface area contributed by atoms with E-state index in [0.29, 0.717) is 10.9 Å². The molecule has 0 saturated heterocycles. The first-order chi connectivity index (χ1) is 5.70. The average Bonchev–Trinajstić information content (AvgIpc) is 2.03. The van der Waals surface area contributed by atoms with Crippen molar-refractivity contribution in [3.05, 3.63) is 42.3 Å². The monoisotopic (exact) mass is 196 g/mol. The fourth-order valence-electron chi connectivity index (χ4n) is 0.901. The van der Waals surface area contributed by atoms with Crippen LogP contribution in [0, 0.1) is 6.92 Å². The van der Waals surface area contributed by atoms with Crippen LogP contribution in [0.3, 0.4) is 0 Å².